The average Bonchev–Trinajstić information content (AvgIpc) is 2.83. The van der Waals surface area contributed by atoms with Crippen molar-refractivity contribution in [3.8, 4) is 11.3 Å². The minimum absolute atomic E-state index is 0.223. The number of fused-ring (bicyclic) bond motifs is 1. The summed E-state index contributed by atoms with van der Waals surface area (Å²) in [6, 6.07) is 10.5. The maximum absolute atomic E-state index is 13.6. The standard InChI is InChI=1S/C13H8FNO/c14-12-6-5-11(13-7-15-8-16-13)9-3-1-2-4-10(9)12/h1-8H. The van der Waals surface area contributed by atoms with Crippen LogP contribution in [0.15, 0.2) is 53.4 Å². The van der Waals surface area contributed by atoms with Gasteiger partial charge in [-0.15, -0.1) is 0 Å². The SMILES string of the molecule is Fc1ccc(-c2cnco2)c2ccccc12. The zero-order chi connectivity index (χ0) is 11.0. The summed E-state index contributed by atoms with van der Waals surface area (Å²) in [6.07, 6.45) is 2.99. The molecule has 1 heterocycles. The number of nitrogens with zero attached hydrogens (tertiary/aromatic N) is 1. The van der Waals surface area contributed by atoms with Crippen LogP contribution in [0.4, 0.5) is 4.39 Å². The molecule has 0 saturated carbocycles. The third kappa shape index (κ3) is 1.29. The number of oxazole rings is 1. The Morgan fingerprint density at radius 2 is 1.81 bits per heavy atom. The number of hydrogen-bond donors (Lipinski definition) is 0. The number of rotatable bonds is 1. The first-order valence-corrected chi connectivity index (χ1v) is 4.92. The van der Waals surface area contributed by atoms with Crippen LogP contribution in [-0.2, 0) is 0 Å². The fourth-order valence-corrected chi connectivity index (χ4v) is 1.83. The minimum atomic E-state index is -0.223. The van der Waals surface area contributed by atoms with E-state index in [1.165, 1.54) is 12.5 Å². The Kier molecular flexibility index (Phi) is 1.96. The molecule has 2 aromatic carbocycles. The highest BCUT2D eigenvalue weighted by molar-refractivity contribution is 5.95. The van der Waals surface area contributed by atoms with Crippen molar-refractivity contribution >= 4 is 10.8 Å². The number of hydrogen-bond acceptors (Lipinski definition) is 2. The molecule has 0 amide bonds. The van der Waals surface area contributed by atoms with Crippen molar-refractivity contribution in [1.29, 1.82) is 0 Å². The molecular formula is C13H8FNO. The lowest BCUT2D eigenvalue weighted by atomic mass is 10.0. The molecule has 1 aromatic heterocycles. The molecule has 0 N–H and O–H groups in total. The summed E-state index contributed by atoms with van der Waals surface area (Å²) in [5.41, 5.74) is 0.856. The molecule has 0 aliphatic carbocycles. The highest BCUT2D eigenvalue weighted by atomic mass is 19.1. The topological polar surface area (TPSA) is 26.0 Å². The van der Waals surface area contributed by atoms with Crippen molar-refractivity contribution in [3.05, 3.63) is 54.8 Å². The largest absolute Gasteiger partial charge is 0.443 e. The smallest absolute Gasteiger partial charge is 0.181 e. The molecule has 78 valence electrons. The van der Waals surface area contributed by atoms with Gasteiger partial charge in [0, 0.05) is 10.9 Å². The van der Waals surface area contributed by atoms with Crippen molar-refractivity contribution in [2.75, 3.05) is 0 Å². The molecule has 0 aliphatic rings. The van der Waals surface area contributed by atoms with Crippen LogP contribution >= 0.6 is 0 Å². The van der Waals surface area contributed by atoms with Crippen LogP contribution in [-0.4, -0.2) is 4.98 Å². The highest BCUT2D eigenvalue weighted by Crippen LogP contribution is 2.29. The second-order valence-corrected chi connectivity index (χ2v) is 3.51. The monoisotopic (exact) mass is 213 g/mol. The van der Waals surface area contributed by atoms with Gasteiger partial charge in [0.2, 0.25) is 0 Å². The van der Waals surface area contributed by atoms with Crippen molar-refractivity contribution in [2.45, 2.75) is 0 Å². The molecule has 0 unspecified atom stereocenters. The van der Waals surface area contributed by atoms with Gasteiger partial charge in [0.15, 0.2) is 12.2 Å². The van der Waals surface area contributed by atoms with Crippen LogP contribution in [0.25, 0.3) is 22.1 Å². The fraction of sp³-hybridized carbons (Fsp3) is 0. The van der Waals surface area contributed by atoms with Crippen LogP contribution in [0.3, 0.4) is 0 Å². The zero-order valence-corrected chi connectivity index (χ0v) is 8.35. The maximum Gasteiger partial charge on any atom is 0.181 e. The molecular weight excluding hydrogens is 205 g/mol. The van der Waals surface area contributed by atoms with Crippen LogP contribution in [0, 0.1) is 5.82 Å². The molecule has 0 aliphatic heterocycles. The van der Waals surface area contributed by atoms with Crippen molar-refractivity contribution in [2.24, 2.45) is 0 Å². The first-order chi connectivity index (χ1) is 7.86. The lowest BCUT2D eigenvalue weighted by molar-refractivity contribution is 0.572. The highest BCUT2D eigenvalue weighted by Gasteiger charge is 2.08. The van der Waals surface area contributed by atoms with Crippen molar-refractivity contribution in [1.82, 2.24) is 4.98 Å². The van der Waals surface area contributed by atoms with Gasteiger partial charge in [-0.2, -0.15) is 0 Å². The van der Waals surface area contributed by atoms with Crippen LogP contribution in [0.1, 0.15) is 0 Å². The maximum atomic E-state index is 13.6. The van der Waals surface area contributed by atoms with Crippen LogP contribution < -0.4 is 0 Å². The van der Waals surface area contributed by atoms with E-state index in [4.69, 9.17) is 4.42 Å². The predicted octanol–water partition coefficient (Wildman–Crippen LogP) is 3.63. The van der Waals surface area contributed by atoms with E-state index in [9.17, 15) is 4.39 Å². The molecule has 0 spiro atoms. The lowest BCUT2D eigenvalue weighted by Gasteiger charge is -2.04. The number of halogens is 1. The van der Waals surface area contributed by atoms with E-state index in [2.05, 4.69) is 4.98 Å². The Balaban J connectivity index is 2.39. The molecule has 0 atom stereocenters. The Labute approximate surface area is 91.3 Å². The molecule has 2 nitrogen and oxygen atoms in total. The van der Waals surface area contributed by atoms with E-state index < -0.39 is 0 Å². The Bertz CT molecular complexity index is 631. The molecule has 3 aromatic rings. The van der Waals surface area contributed by atoms with Gasteiger partial charge < -0.3 is 4.42 Å². The van der Waals surface area contributed by atoms with Gasteiger partial charge in [0.25, 0.3) is 0 Å². The van der Waals surface area contributed by atoms with E-state index >= 15 is 0 Å². The fourth-order valence-electron chi connectivity index (χ4n) is 1.83. The van der Waals surface area contributed by atoms with Gasteiger partial charge in [0.1, 0.15) is 5.82 Å². The van der Waals surface area contributed by atoms with Gasteiger partial charge >= 0.3 is 0 Å². The summed E-state index contributed by atoms with van der Waals surface area (Å²) in [7, 11) is 0. The minimum Gasteiger partial charge on any atom is -0.443 e. The van der Waals surface area contributed by atoms with E-state index in [1.54, 1.807) is 18.3 Å². The molecule has 3 heteroatoms. The molecule has 16 heavy (non-hydrogen) atoms. The summed E-state index contributed by atoms with van der Waals surface area (Å²) in [5.74, 6) is 0.426. The molecule has 0 fully saturated rings. The Hall–Kier alpha value is -2.16. The Morgan fingerprint density at radius 1 is 1.00 bits per heavy atom. The van der Waals surface area contributed by atoms with Crippen LogP contribution in [0.5, 0.6) is 0 Å². The summed E-state index contributed by atoms with van der Waals surface area (Å²) >= 11 is 0. The summed E-state index contributed by atoms with van der Waals surface area (Å²) in [4.78, 5) is 3.87. The van der Waals surface area contributed by atoms with Crippen molar-refractivity contribution < 1.29 is 8.81 Å². The van der Waals surface area contributed by atoms with Gasteiger partial charge in [-0.05, 0) is 17.5 Å². The molecule has 0 bridgehead atoms. The lowest BCUT2D eigenvalue weighted by Crippen LogP contribution is -1.83. The van der Waals surface area contributed by atoms with E-state index in [0.717, 1.165) is 10.9 Å². The first kappa shape index (κ1) is 9.09. The number of aromatic nitrogens is 1. The Morgan fingerprint density at radius 3 is 2.56 bits per heavy atom. The first-order valence-electron chi connectivity index (χ1n) is 4.92. The molecule has 0 saturated heterocycles. The molecule has 0 radical (unpaired) electrons. The van der Waals surface area contributed by atoms with Gasteiger partial charge in [0.05, 0.1) is 6.20 Å². The van der Waals surface area contributed by atoms with Gasteiger partial charge in [-0.1, -0.05) is 24.3 Å². The van der Waals surface area contributed by atoms with Gasteiger partial charge in [-0.3, -0.25) is 0 Å². The summed E-state index contributed by atoms with van der Waals surface area (Å²) in [6.45, 7) is 0. The quantitative estimate of drug-likeness (QED) is 0.616. The number of benzene rings is 2. The average molecular weight is 213 g/mol. The van der Waals surface area contributed by atoms with E-state index in [0.29, 0.717) is 11.1 Å². The normalized spacial score (nSPS) is 10.8. The third-order valence-corrected chi connectivity index (χ3v) is 2.57. The van der Waals surface area contributed by atoms with E-state index in [-0.39, 0.29) is 5.82 Å². The van der Waals surface area contributed by atoms with Crippen LogP contribution in [0.2, 0.25) is 0 Å². The van der Waals surface area contributed by atoms with Crippen molar-refractivity contribution in [3.63, 3.8) is 0 Å². The summed E-state index contributed by atoms with van der Waals surface area (Å²) in [5, 5.41) is 1.43. The van der Waals surface area contributed by atoms with Gasteiger partial charge in [-0.25, -0.2) is 9.37 Å². The molecule has 3 rings (SSSR count). The predicted molar refractivity (Wildman–Crippen MR) is 59.4 cm³/mol. The second-order valence-electron chi connectivity index (χ2n) is 3.51. The summed E-state index contributed by atoms with van der Waals surface area (Å²) < 4.78 is 18.8. The zero-order valence-electron chi connectivity index (χ0n) is 8.35. The second kappa shape index (κ2) is 3.45. The third-order valence-electron chi connectivity index (χ3n) is 2.57. The van der Waals surface area contributed by atoms with E-state index in [1.807, 2.05) is 18.2 Å².